The molecule has 2 fully saturated rings. The SMILES string of the molecule is O=C(c1cccc(-c2nc3ccccc3[nH]2)n1)N1CCC2(CCN(C(=O)c3nccc(Nc4ccccc4)n3)C2)C1. The summed E-state index contributed by atoms with van der Waals surface area (Å²) in [5.41, 5.74) is 3.55. The highest BCUT2D eigenvalue weighted by Crippen LogP contribution is 2.40. The number of aromatic nitrogens is 5. The zero-order chi connectivity index (χ0) is 27.8. The highest BCUT2D eigenvalue weighted by atomic mass is 16.2. The van der Waals surface area contributed by atoms with Gasteiger partial charge in [-0.15, -0.1) is 0 Å². The zero-order valence-electron chi connectivity index (χ0n) is 22.3. The number of pyridine rings is 1. The fraction of sp³-hybridized carbons (Fsp3) is 0.226. The van der Waals surface area contributed by atoms with Gasteiger partial charge in [-0.05, 0) is 55.3 Å². The highest BCUT2D eigenvalue weighted by molar-refractivity contribution is 5.93. The van der Waals surface area contributed by atoms with Gasteiger partial charge < -0.3 is 20.1 Å². The maximum absolute atomic E-state index is 13.5. The van der Waals surface area contributed by atoms with Crippen LogP contribution in [0.1, 0.15) is 33.9 Å². The number of anilines is 2. The van der Waals surface area contributed by atoms with Crippen LogP contribution in [0.3, 0.4) is 0 Å². The minimum atomic E-state index is -0.191. The molecule has 0 bridgehead atoms. The lowest BCUT2D eigenvalue weighted by molar-refractivity contribution is 0.0745. The molecule has 1 unspecified atom stereocenters. The number of benzene rings is 2. The second kappa shape index (κ2) is 10.1. The summed E-state index contributed by atoms with van der Waals surface area (Å²) in [6.45, 7) is 2.40. The van der Waals surface area contributed by atoms with Crippen molar-refractivity contribution in [2.75, 3.05) is 31.5 Å². The van der Waals surface area contributed by atoms with E-state index >= 15 is 0 Å². The Labute approximate surface area is 236 Å². The van der Waals surface area contributed by atoms with Gasteiger partial charge in [0.05, 0.1) is 11.0 Å². The average Bonchev–Trinajstić information content (AvgIpc) is 3.76. The number of hydrogen-bond donors (Lipinski definition) is 2. The molecule has 2 aliphatic heterocycles. The number of nitrogens with one attached hydrogen (secondary N) is 2. The summed E-state index contributed by atoms with van der Waals surface area (Å²) in [5, 5.41) is 3.22. The number of fused-ring (bicyclic) bond motifs is 1. The maximum Gasteiger partial charge on any atom is 0.291 e. The van der Waals surface area contributed by atoms with Crippen molar-refractivity contribution in [2.45, 2.75) is 12.8 Å². The summed E-state index contributed by atoms with van der Waals surface area (Å²) >= 11 is 0. The van der Waals surface area contributed by atoms with Gasteiger partial charge in [-0.3, -0.25) is 9.59 Å². The van der Waals surface area contributed by atoms with Crippen LogP contribution in [0.15, 0.2) is 85.1 Å². The fourth-order valence-corrected chi connectivity index (χ4v) is 5.81. The third kappa shape index (κ3) is 4.88. The van der Waals surface area contributed by atoms with Crippen molar-refractivity contribution in [1.82, 2.24) is 34.7 Å². The van der Waals surface area contributed by atoms with E-state index in [0.29, 0.717) is 49.2 Å². The molecule has 1 atom stereocenters. The van der Waals surface area contributed by atoms with Crippen molar-refractivity contribution in [3.63, 3.8) is 0 Å². The Morgan fingerprint density at radius 1 is 0.780 bits per heavy atom. The van der Waals surface area contributed by atoms with Crippen molar-refractivity contribution < 1.29 is 9.59 Å². The molecule has 2 amide bonds. The number of imidazole rings is 1. The fourth-order valence-electron chi connectivity index (χ4n) is 5.81. The molecule has 5 aromatic rings. The van der Waals surface area contributed by atoms with Crippen LogP contribution in [-0.2, 0) is 0 Å². The number of H-pyrrole nitrogens is 1. The Morgan fingerprint density at radius 2 is 1.54 bits per heavy atom. The number of aromatic amines is 1. The Bertz CT molecular complexity index is 1720. The lowest BCUT2D eigenvalue weighted by Crippen LogP contribution is -2.36. The minimum Gasteiger partial charge on any atom is -0.340 e. The maximum atomic E-state index is 13.5. The predicted octanol–water partition coefficient (Wildman–Crippen LogP) is 4.54. The number of carbonyl (C=O) groups excluding carboxylic acids is 2. The third-order valence-electron chi connectivity index (χ3n) is 7.94. The summed E-state index contributed by atoms with van der Waals surface area (Å²) in [7, 11) is 0. The van der Waals surface area contributed by atoms with Crippen molar-refractivity contribution in [3.8, 4) is 11.5 Å². The molecule has 0 saturated carbocycles. The molecule has 5 heterocycles. The first-order chi connectivity index (χ1) is 20.1. The Kier molecular flexibility index (Phi) is 6.15. The van der Waals surface area contributed by atoms with Gasteiger partial charge in [-0.25, -0.2) is 19.9 Å². The van der Waals surface area contributed by atoms with Gasteiger partial charge in [-0.1, -0.05) is 36.4 Å². The van der Waals surface area contributed by atoms with Crippen molar-refractivity contribution in [2.24, 2.45) is 5.41 Å². The molecular formula is C31H28N8O2. The van der Waals surface area contributed by atoms with E-state index < -0.39 is 0 Å². The smallest absolute Gasteiger partial charge is 0.291 e. The van der Waals surface area contributed by atoms with Crippen LogP contribution >= 0.6 is 0 Å². The Morgan fingerprint density at radius 3 is 2.34 bits per heavy atom. The first-order valence-corrected chi connectivity index (χ1v) is 13.7. The minimum absolute atomic E-state index is 0.104. The number of amides is 2. The number of carbonyl (C=O) groups is 2. The van der Waals surface area contributed by atoms with E-state index in [2.05, 4.69) is 30.2 Å². The van der Waals surface area contributed by atoms with E-state index in [0.717, 1.165) is 29.6 Å². The summed E-state index contributed by atoms with van der Waals surface area (Å²) in [4.78, 5) is 51.8. The Hall–Kier alpha value is -5.12. The summed E-state index contributed by atoms with van der Waals surface area (Å²) in [5.74, 6) is 1.07. The van der Waals surface area contributed by atoms with Gasteiger partial charge in [0, 0.05) is 43.5 Å². The van der Waals surface area contributed by atoms with E-state index in [1.807, 2.05) is 76.5 Å². The highest BCUT2D eigenvalue weighted by Gasteiger charge is 2.46. The summed E-state index contributed by atoms with van der Waals surface area (Å²) in [6, 6.07) is 24.7. The number of hydrogen-bond acceptors (Lipinski definition) is 7. The number of para-hydroxylation sites is 3. The van der Waals surface area contributed by atoms with Gasteiger partial charge in [0.15, 0.2) is 5.82 Å². The van der Waals surface area contributed by atoms with E-state index in [-0.39, 0.29) is 23.1 Å². The molecule has 2 aliphatic rings. The molecule has 10 heteroatoms. The van der Waals surface area contributed by atoms with Crippen molar-refractivity contribution in [3.05, 3.63) is 96.6 Å². The van der Waals surface area contributed by atoms with Crippen LogP contribution in [0.5, 0.6) is 0 Å². The first-order valence-electron chi connectivity index (χ1n) is 13.7. The van der Waals surface area contributed by atoms with Crippen LogP contribution in [0.2, 0.25) is 0 Å². The molecule has 1 spiro atoms. The van der Waals surface area contributed by atoms with Crippen LogP contribution in [0.4, 0.5) is 11.5 Å². The largest absolute Gasteiger partial charge is 0.340 e. The second-order valence-corrected chi connectivity index (χ2v) is 10.7. The molecule has 204 valence electrons. The van der Waals surface area contributed by atoms with E-state index in [9.17, 15) is 9.59 Å². The van der Waals surface area contributed by atoms with Crippen molar-refractivity contribution >= 4 is 34.4 Å². The van der Waals surface area contributed by atoms with Crippen molar-refractivity contribution in [1.29, 1.82) is 0 Å². The second-order valence-electron chi connectivity index (χ2n) is 10.7. The number of rotatable bonds is 5. The molecule has 0 aliphatic carbocycles. The van der Waals surface area contributed by atoms with Gasteiger partial charge in [0.25, 0.3) is 11.8 Å². The number of likely N-dealkylation sites (tertiary alicyclic amines) is 2. The molecule has 2 saturated heterocycles. The zero-order valence-corrected chi connectivity index (χ0v) is 22.3. The molecule has 7 rings (SSSR count). The van der Waals surface area contributed by atoms with Crippen LogP contribution in [0.25, 0.3) is 22.6 Å². The Balaban J connectivity index is 1.02. The molecule has 2 aromatic carbocycles. The van der Waals surface area contributed by atoms with Gasteiger partial charge in [0.1, 0.15) is 17.2 Å². The molecule has 41 heavy (non-hydrogen) atoms. The number of nitrogens with zero attached hydrogens (tertiary/aromatic N) is 6. The normalized spacial score (nSPS) is 18.3. The quantitative estimate of drug-likeness (QED) is 0.333. The first kappa shape index (κ1) is 24.9. The lowest BCUT2D eigenvalue weighted by atomic mass is 9.86. The molecule has 2 N–H and O–H groups in total. The summed E-state index contributed by atoms with van der Waals surface area (Å²) < 4.78 is 0. The van der Waals surface area contributed by atoms with E-state index in [1.165, 1.54) is 0 Å². The molecular weight excluding hydrogens is 516 g/mol. The van der Waals surface area contributed by atoms with Crippen LogP contribution in [-0.4, -0.2) is 72.7 Å². The van der Waals surface area contributed by atoms with Gasteiger partial charge >= 0.3 is 0 Å². The van der Waals surface area contributed by atoms with E-state index in [1.54, 1.807) is 18.3 Å². The monoisotopic (exact) mass is 544 g/mol. The summed E-state index contributed by atoms with van der Waals surface area (Å²) in [6.07, 6.45) is 3.26. The lowest BCUT2D eigenvalue weighted by Gasteiger charge is -2.24. The van der Waals surface area contributed by atoms with Gasteiger partial charge in [-0.2, -0.15) is 0 Å². The topological polar surface area (TPSA) is 120 Å². The average molecular weight is 545 g/mol. The van der Waals surface area contributed by atoms with E-state index in [4.69, 9.17) is 0 Å². The van der Waals surface area contributed by atoms with Crippen LogP contribution in [0, 0.1) is 5.41 Å². The standard InChI is InChI=1S/C31H28N8O2/c40-29(25-12-6-11-24(34-25)27-35-22-9-4-5-10-23(22)36-27)38-17-14-31(19-38)15-18-39(20-31)30(41)28-32-16-13-26(37-28)33-21-7-2-1-3-8-21/h1-13,16H,14-15,17-20H2,(H,35,36)(H,32,33,37). The van der Waals surface area contributed by atoms with Crippen LogP contribution < -0.4 is 5.32 Å². The molecule has 3 aromatic heterocycles. The molecule has 0 radical (unpaired) electrons. The molecule has 10 nitrogen and oxygen atoms in total. The third-order valence-corrected chi connectivity index (χ3v) is 7.94. The van der Waals surface area contributed by atoms with Gasteiger partial charge in [0.2, 0.25) is 5.82 Å². The predicted molar refractivity (Wildman–Crippen MR) is 155 cm³/mol.